The number of hydrogen-bond acceptors (Lipinski definition) is 2. The van der Waals surface area contributed by atoms with Gasteiger partial charge in [0.15, 0.2) is 5.65 Å². The molecular weight excluding hydrogens is 217 g/mol. The molecule has 0 radical (unpaired) electrons. The lowest BCUT2D eigenvalue weighted by molar-refractivity contribution is 0.278. The summed E-state index contributed by atoms with van der Waals surface area (Å²) >= 11 is 0. The Bertz CT molecular complexity index is 633. The Labute approximate surface area is 97.5 Å². The summed E-state index contributed by atoms with van der Waals surface area (Å²) in [5.41, 5.74) is 1.13. The van der Waals surface area contributed by atoms with E-state index in [1.54, 1.807) is 36.7 Å². The van der Waals surface area contributed by atoms with Crippen LogP contribution in [0.15, 0.2) is 54.9 Å². The third-order valence-corrected chi connectivity index (χ3v) is 2.64. The summed E-state index contributed by atoms with van der Waals surface area (Å²) in [5, 5.41) is 4.89. The lowest BCUT2D eigenvalue weighted by Crippen LogP contribution is -2.07. The monoisotopic (exact) mass is 227 g/mol. The van der Waals surface area contributed by atoms with E-state index >= 15 is 0 Å². The molecule has 0 spiro atoms. The molecule has 0 amide bonds. The first-order valence-electron chi connectivity index (χ1n) is 5.33. The Morgan fingerprint density at radius 1 is 1.06 bits per heavy atom. The van der Waals surface area contributed by atoms with Gasteiger partial charge in [0, 0.05) is 17.1 Å². The number of rotatable bonds is 2. The predicted molar refractivity (Wildman–Crippen MR) is 63.2 cm³/mol. The van der Waals surface area contributed by atoms with Crippen LogP contribution in [0.4, 0.5) is 4.39 Å². The molecule has 84 valence electrons. The molecule has 4 heteroatoms. The summed E-state index contributed by atoms with van der Waals surface area (Å²) in [6, 6.07) is 12.6. The molecule has 0 aliphatic heterocycles. The second kappa shape index (κ2) is 3.97. The molecule has 0 bridgehead atoms. The van der Waals surface area contributed by atoms with Gasteiger partial charge in [-0.05, 0) is 12.1 Å². The van der Waals surface area contributed by atoms with Crippen molar-refractivity contribution < 1.29 is 4.39 Å². The van der Waals surface area contributed by atoms with Crippen LogP contribution in [0.25, 0.3) is 11.0 Å². The molecule has 2 heterocycles. The largest absolute Gasteiger partial charge is 0.237 e. The summed E-state index contributed by atoms with van der Waals surface area (Å²) in [6.07, 6.45) is 1.96. The molecule has 0 aliphatic carbocycles. The van der Waals surface area contributed by atoms with Crippen molar-refractivity contribution in [2.75, 3.05) is 0 Å². The molecule has 3 aromatic rings. The second-order valence-corrected chi connectivity index (χ2v) is 3.75. The average molecular weight is 227 g/mol. The van der Waals surface area contributed by atoms with Gasteiger partial charge in [-0.2, -0.15) is 5.10 Å². The minimum atomic E-state index is -1.30. The molecule has 0 aliphatic rings. The van der Waals surface area contributed by atoms with E-state index in [1.165, 1.54) is 4.68 Å². The van der Waals surface area contributed by atoms with Crippen molar-refractivity contribution in [2.24, 2.45) is 0 Å². The number of hydrogen-bond donors (Lipinski definition) is 0. The molecule has 0 N–H and O–H groups in total. The van der Waals surface area contributed by atoms with E-state index in [2.05, 4.69) is 10.1 Å². The Kier molecular flexibility index (Phi) is 2.33. The van der Waals surface area contributed by atoms with Crippen LogP contribution in [0, 0.1) is 0 Å². The van der Waals surface area contributed by atoms with Crippen molar-refractivity contribution in [1.29, 1.82) is 0 Å². The topological polar surface area (TPSA) is 30.7 Å². The number of alkyl halides is 1. The zero-order chi connectivity index (χ0) is 11.7. The minimum absolute atomic E-state index is 0.559. The Morgan fingerprint density at radius 3 is 2.71 bits per heavy atom. The molecule has 1 unspecified atom stereocenters. The third-order valence-electron chi connectivity index (χ3n) is 2.64. The van der Waals surface area contributed by atoms with Gasteiger partial charge in [-0.3, -0.25) is 0 Å². The molecule has 17 heavy (non-hydrogen) atoms. The Hall–Kier alpha value is -2.23. The molecule has 0 saturated carbocycles. The lowest BCUT2D eigenvalue weighted by atomic mass is 10.2. The average Bonchev–Trinajstić information content (AvgIpc) is 2.83. The van der Waals surface area contributed by atoms with Gasteiger partial charge in [0.25, 0.3) is 0 Å². The fraction of sp³-hybridized carbons (Fsp3) is 0.0769. The van der Waals surface area contributed by atoms with E-state index in [0.717, 1.165) is 5.39 Å². The molecule has 1 aromatic carbocycles. The normalized spacial score (nSPS) is 12.8. The minimum Gasteiger partial charge on any atom is -0.237 e. The fourth-order valence-electron chi connectivity index (χ4n) is 1.80. The van der Waals surface area contributed by atoms with Gasteiger partial charge in [0.2, 0.25) is 6.30 Å². The van der Waals surface area contributed by atoms with E-state index in [0.29, 0.717) is 11.2 Å². The van der Waals surface area contributed by atoms with E-state index in [-0.39, 0.29) is 0 Å². The highest BCUT2D eigenvalue weighted by Gasteiger charge is 2.15. The van der Waals surface area contributed by atoms with Gasteiger partial charge in [0.05, 0.1) is 6.20 Å². The van der Waals surface area contributed by atoms with E-state index in [4.69, 9.17) is 0 Å². The summed E-state index contributed by atoms with van der Waals surface area (Å²) in [5.74, 6) is 0. The van der Waals surface area contributed by atoms with E-state index < -0.39 is 6.30 Å². The maximum Gasteiger partial charge on any atom is 0.219 e. The van der Waals surface area contributed by atoms with Gasteiger partial charge in [-0.15, -0.1) is 0 Å². The zero-order valence-electron chi connectivity index (χ0n) is 8.99. The maximum absolute atomic E-state index is 14.3. The first-order chi connectivity index (χ1) is 8.36. The number of fused-ring (bicyclic) bond motifs is 1. The number of benzene rings is 1. The van der Waals surface area contributed by atoms with Gasteiger partial charge in [-0.25, -0.2) is 14.1 Å². The predicted octanol–water partition coefficient (Wildman–Crippen LogP) is 2.95. The fourth-order valence-corrected chi connectivity index (χ4v) is 1.80. The maximum atomic E-state index is 14.3. The van der Waals surface area contributed by atoms with E-state index in [1.807, 2.05) is 18.2 Å². The number of nitrogens with zero attached hydrogens (tertiary/aromatic N) is 3. The Morgan fingerprint density at radius 2 is 1.88 bits per heavy atom. The summed E-state index contributed by atoms with van der Waals surface area (Å²) in [7, 11) is 0. The van der Waals surface area contributed by atoms with Crippen LogP contribution in [0.3, 0.4) is 0 Å². The van der Waals surface area contributed by atoms with Gasteiger partial charge >= 0.3 is 0 Å². The molecular formula is C13H10FN3. The molecule has 0 fully saturated rings. The van der Waals surface area contributed by atoms with Crippen molar-refractivity contribution in [3.63, 3.8) is 0 Å². The van der Waals surface area contributed by atoms with Crippen LogP contribution >= 0.6 is 0 Å². The summed E-state index contributed by atoms with van der Waals surface area (Å²) in [6.45, 7) is 0. The van der Waals surface area contributed by atoms with Crippen molar-refractivity contribution >= 4 is 11.0 Å². The van der Waals surface area contributed by atoms with Crippen molar-refractivity contribution in [1.82, 2.24) is 14.8 Å². The number of aromatic nitrogens is 3. The summed E-state index contributed by atoms with van der Waals surface area (Å²) in [4.78, 5) is 4.15. The van der Waals surface area contributed by atoms with Crippen LogP contribution in [0.2, 0.25) is 0 Å². The van der Waals surface area contributed by atoms with Gasteiger partial charge in [0.1, 0.15) is 0 Å². The van der Waals surface area contributed by atoms with E-state index in [9.17, 15) is 4.39 Å². The van der Waals surface area contributed by atoms with Gasteiger partial charge < -0.3 is 0 Å². The number of halogens is 1. The quantitative estimate of drug-likeness (QED) is 0.673. The van der Waals surface area contributed by atoms with Crippen LogP contribution in [0.1, 0.15) is 11.9 Å². The van der Waals surface area contributed by atoms with Crippen LogP contribution in [-0.4, -0.2) is 14.8 Å². The highest BCUT2D eigenvalue weighted by molar-refractivity contribution is 5.74. The first kappa shape index (κ1) is 9.96. The third kappa shape index (κ3) is 1.67. The second-order valence-electron chi connectivity index (χ2n) is 3.75. The smallest absolute Gasteiger partial charge is 0.219 e. The highest BCUT2D eigenvalue weighted by Crippen LogP contribution is 2.22. The van der Waals surface area contributed by atoms with Crippen LogP contribution in [0.5, 0.6) is 0 Å². The van der Waals surface area contributed by atoms with Gasteiger partial charge in [-0.1, -0.05) is 30.3 Å². The zero-order valence-corrected chi connectivity index (χ0v) is 8.99. The number of pyridine rings is 1. The van der Waals surface area contributed by atoms with Crippen LogP contribution in [-0.2, 0) is 0 Å². The van der Waals surface area contributed by atoms with Crippen molar-refractivity contribution in [3.05, 3.63) is 60.4 Å². The molecule has 1 atom stereocenters. The van der Waals surface area contributed by atoms with Crippen molar-refractivity contribution in [3.8, 4) is 0 Å². The SMILES string of the molecule is FC(c1ccccc1)n1ncc2cccnc21. The standard InChI is InChI=1S/C13H10FN3/c14-12(10-5-2-1-3-6-10)17-13-11(9-16-17)7-4-8-15-13/h1-9,12H. The van der Waals surface area contributed by atoms with Crippen LogP contribution < -0.4 is 0 Å². The Balaban J connectivity index is 2.10. The van der Waals surface area contributed by atoms with Crippen molar-refractivity contribution in [2.45, 2.75) is 6.30 Å². The summed E-state index contributed by atoms with van der Waals surface area (Å²) < 4.78 is 15.6. The lowest BCUT2D eigenvalue weighted by Gasteiger charge is -2.09. The molecule has 3 rings (SSSR count). The molecule has 2 aromatic heterocycles. The molecule has 3 nitrogen and oxygen atoms in total. The first-order valence-corrected chi connectivity index (χ1v) is 5.33. The molecule has 0 saturated heterocycles. The highest BCUT2D eigenvalue weighted by atomic mass is 19.1.